The van der Waals surface area contributed by atoms with Crippen LogP contribution in [0.4, 0.5) is 0 Å². The summed E-state index contributed by atoms with van der Waals surface area (Å²) in [6.07, 6.45) is -0.595. The van der Waals surface area contributed by atoms with Crippen LogP contribution in [-0.2, 0) is 15.8 Å². The predicted molar refractivity (Wildman–Crippen MR) is 121 cm³/mol. The van der Waals surface area contributed by atoms with E-state index in [9.17, 15) is 9.90 Å². The van der Waals surface area contributed by atoms with E-state index in [1.165, 1.54) is 0 Å². The predicted octanol–water partition coefficient (Wildman–Crippen LogP) is 4.85. The minimum atomic E-state index is -1.98. The SMILES string of the molecule is CC(C)(C)[Si](C)(C)OC[C@H](OCc1ccccc1)[C@H](O)COc1ccc(C=O)cc1. The Morgan fingerprint density at radius 3 is 2.20 bits per heavy atom. The smallest absolute Gasteiger partial charge is 0.192 e. The molecule has 0 aliphatic heterocycles. The van der Waals surface area contributed by atoms with Gasteiger partial charge < -0.3 is 19.0 Å². The Morgan fingerprint density at radius 2 is 1.63 bits per heavy atom. The van der Waals surface area contributed by atoms with Crippen molar-refractivity contribution in [1.29, 1.82) is 0 Å². The van der Waals surface area contributed by atoms with Gasteiger partial charge >= 0.3 is 0 Å². The van der Waals surface area contributed by atoms with Crippen molar-refractivity contribution in [2.45, 2.75) is 57.7 Å². The minimum Gasteiger partial charge on any atom is -0.491 e. The summed E-state index contributed by atoms with van der Waals surface area (Å²) in [5.74, 6) is 0.590. The van der Waals surface area contributed by atoms with Gasteiger partial charge in [-0.1, -0.05) is 51.1 Å². The molecule has 2 atom stereocenters. The summed E-state index contributed by atoms with van der Waals surface area (Å²) in [6, 6.07) is 16.6. The summed E-state index contributed by atoms with van der Waals surface area (Å²) < 4.78 is 18.1. The molecule has 1 N–H and O–H groups in total. The first-order valence-corrected chi connectivity index (χ1v) is 13.2. The fourth-order valence-corrected chi connectivity index (χ4v) is 3.50. The fourth-order valence-electron chi connectivity index (χ4n) is 2.49. The van der Waals surface area contributed by atoms with Crippen LogP contribution < -0.4 is 4.74 Å². The number of rotatable bonds is 11. The van der Waals surface area contributed by atoms with Gasteiger partial charge in [0.25, 0.3) is 0 Å². The highest BCUT2D eigenvalue weighted by atomic mass is 28.4. The Bertz CT molecular complexity index is 768. The van der Waals surface area contributed by atoms with Gasteiger partial charge in [0, 0.05) is 5.56 Å². The van der Waals surface area contributed by atoms with E-state index in [0.29, 0.717) is 24.5 Å². The molecule has 0 bridgehead atoms. The second-order valence-electron chi connectivity index (χ2n) is 8.97. The lowest BCUT2D eigenvalue weighted by molar-refractivity contribution is -0.0804. The molecule has 0 unspecified atom stereocenters. The number of hydrogen-bond donors (Lipinski definition) is 1. The minimum absolute atomic E-state index is 0.0682. The summed E-state index contributed by atoms with van der Waals surface area (Å²) in [7, 11) is -1.98. The molecule has 0 fully saturated rings. The van der Waals surface area contributed by atoms with Crippen molar-refractivity contribution in [3.05, 3.63) is 65.7 Å². The third-order valence-electron chi connectivity index (χ3n) is 5.59. The van der Waals surface area contributed by atoms with Crippen molar-refractivity contribution >= 4 is 14.6 Å². The average molecular weight is 431 g/mol. The standard InChI is InChI=1S/C24H34O5Si/c1-24(2,3)30(4,5)29-18-23(28-16-20-9-7-6-8-10-20)22(26)17-27-21-13-11-19(15-25)12-14-21/h6-15,22-23,26H,16-18H2,1-5H3/t22-,23+/m1/s1. The molecule has 0 saturated heterocycles. The van der Waals surface area contributed by atoms with Gasteiger partial charge in [-0.3, -0.25) is 4.79 Å². The van der Waals surface area contributed by atoms with Crippen LogP contribution in [0, 0.1) is 0 Å². The summed E-state index contributed by atoms with van der Waals surface area (Å²) in [4.78, 5) is 10.8. The zero-order valence-electron chi connectivity index (χ0n) is 18.6. The van der Waals surface area contributed by atoms with Gasteiger partial charge in [-0.15, -0.1) is 0 Å². The van der Waals surface area contributed by atoms with E-state index in [0.717, 1.165) is 11.8 Å². The monoisotopic (exact) mass is 430 g/mol. The quantitative estimate of drug-likeness (QED) is 0.408. The van der Waals surface area contributed by atoms with Crippen LogP contribution in [0.5, 0.6) is 5.75 Å². The molecule has 0 aromatic heterocycles. The number of aldehydes is 1. The highest BCUT2D eigenvalue weighted by molar-refractivity contribution is 6.74. The van der Waals surface area contributed by atoms with Crippen LogP contribution >= 0.6 is 0 Å². The van der Waals surface area contributed by atoms with E-state index >= 15 is 0 Å². The summed E-state index contributed by atoms with van der Waals surface area (Å²) in [5.41, 5.74) is 1.61. The zero-order valence-corrected chi connectivity index (χ0v) is 19.6. The lowest BCUT2D eigenvalue weighted by Crippen LogP contribution is -2.46. The molecule has 5 nitrogen and oxygen atoms in total. The zero-order chi connectivity index (χ0) is 22.2. The Morgan fingerprint density at radius 1 is 1.00 bits per heavy atom. The van der Waals surface area contributed by atoms with Gasteiger partial charge in [0.15, 0.2) is 8.32 Å². The van der Waals surface area contributed by atoms with E-state index in [1.807, 2.05) is 30.3 Å². The molecule has 0 spiro atoms. The maximum atomic E-state index is 10.8. The van der Waals surface area contributed by atoms with Gasteiger partial charge in [0.05, 0.1) is 13.2 Å². The molecule has 164 valence electrons. The normalized spacial score (nSPS) is 14.2. The molecule has 0 aliphatic rings. The Kier molecular flexibility index (Phi) is 8.79. The van der Waals surface area contributed by atoms with Gasteiger partial charge in [-0.25, -0.2) is 0 Å². The lowest BCUT2D eigenvalue weighted by atomic mass is 10.2. The molecule has 30 heavy (non-hydrogen) atoms. The first kappa shape index (κ1) is 24.3. The molecule has 0 aliphatic carbocycles. The van der Waals surface area contributed by atoms with Crippen LogP contribution in [0.15, 0.2) is 54.6 Å². The Balaban J connectivity index is 2.01. The van der Waals surface area contributed by atoms with Crippen LogP contribution in [0.25, 0.3) is 0 Å². The lowest BCUT2D eigenvalue weighted by Gasteiger charge is -2.37. The second kappa shape index (κ2) is 10.9. The number of carbonyl (C=O) groups excluding carboxylic acids is 1. The van der Waals surface area contributed by atoms with E-state index in [4.69, 9.17) is 13.9 Å². The van der Waals surface area contributed by atoms with Gasteiger partial charge in [-0.05, 0) is 48.0 Å². The van der Waals surface area contributed by atoms with Crippen LogP contribution in [0.2, 0.25) is 18.1 Å². The number of aliphatic hydroxyl groups is 1. The molecule has 0 amide bonds. The first-order valence-electron chi connectivity index (χ1n) is 10.3. The number of carbonyl (C=O) groups is 1. The molecular weight excluding hydrogens is 396 g/mol. The molecule has 2 aromatic carbocycles. The van der Waals surface area contributed by atoms with E-state index < -0.39 is 20.5 Å². The molecule has 0 saturated carbocycles. The van der Waals surface area contributed by atoms with E-state index in [2.05, 4.69) is 33.9 Å². The number of benzene rings is 2. The van der Waals surface area contributed by atoms with Crippen molar-refractivity contribution in [3.63, 3.8) is 0 Å². The largest absolute Gasteiger partial charge is 0.491 e. The first-order chi connectivity index (χ1) is 14.1. The third kappa shape index (κ3) is 7.36. The highest BCUT2D eigenvalue weighted by Gasteiger charge is 2.38. The van der Waals surface area contributed by atoms with Gasteiger partial charge in [-0.2, -0.15) is 0 Å². The van der Waals surface area contributed by atoms with Crippen molar-refractivity contribution in [1.82, 2.24) is 0 Å². The van der Waals surface area contributed by atoms with E-state index in [-0.39, 0.29) is 11.6 Å². The third-order valence-corrected chi connectivity index (χ3v) is 10.1. The molecule has 2 rings (SSSR count). The summed E-state index contributed by atoms with van der Waals surface area (Å²) in [6.45, 7) is 11.7. The van der Waals surface area contributed by atoms with Crippen LogP contribution in [0.3, 0.4) is 0 Å². The number of ether oxygens (including phenoxy) is 2. The van der Waals surface area contributed by atoms with Crippen LogP contribution in [-0.4, -0.2) is 45.1 Å². The Hall–Kier alpha value is -1.99. The molecule has 0 heterocycles. The van der Waals surface area contributed by atoms with Crippen molar-refractivity contribution in [3.8, 4) is 5.75 Å². The molecule has 0 radical (unpaired) electrons. The summed E-state index contributed by atoms with van der Waals surface area (Å²) in [5, 5.41) is 10.8. The molecular formula is C24H34O5Si. The van der Waals surface area contributed by atoms with Crippen molar-refractivity contribution in [2.24, 2.45) is 0 Å². The van der Waals surface area contributed by atoms with Crippen LogP contribution in [0.1, 0.15) is 36.7 Å². The molecule has 6 heteroatoms. The van der Waals surface area contributed by atoms with Crippen molar-refractivity contribution < 1.29 is 23.8 Å². The number of aliphatic hydroxyl groups excluding tert-OH is 1. The summed E-state index contributed by atoms with van der Waals surface area (Å²) >= 11 is 0. The van der Waals surface area contributed by atoms with Crippen molar-refractivity contribution in [2.75, 3.05) is 13.2 Å². The average Bonchev–Trinajstić information content (AvgIpc) is 2.72. The second-order valence-corrected chi connectivity index (χ2v) is 13.8. The maximum absolute atomic E-state index is 10.8. The number of hydrogen-bond acceptors (Lipinski definition) is 5. The fraction of sp³-hybridized carbons (Fsp3) is 0.458. The van der Waals surface area contributed by atoms with Gasteiger partial charge in [0.1, 0.15) is 30.9 Å². The maximum Gasteiger partial charge on any atom is 0.192 e. The Labute approximate surface area is 181 Å². The topological polar surface area (TPSA) is 65.0 Å². The highest BCUT2D eigenvalue weighted by Crippen LogP contribution is 2.36. The van der Waals surface area contributed by atoms with E-state index in [1.54, 1.807) is 24.3 Å². The van der Waals surface area contributed by atoms with Gasteiger partial charge in [0.2, 0.25) is 0 Å². The molecule has 2 aromatic rings.